The lowest BCUT2D eigenvalue weighted by Crippen LogP contribution is -2.22. The third-order valence-corrected chi connectivity index (χ3v) is 16.8. The highest BCUT2D eigenvalue weighted by atomic mass is 15.1. The highest BCUT2D eigenvalue weighted by molar-refractivity contribution is 5.79. The Bertz CT molecular complexity index is 2610. The number of fused-ring (bicyclic) bond motifs is 9. The molecule has 6 nitrogen and oxygen atoms in total. The fraction of sp³-hybridized carbons (Fsp3) is 0.556. The topological polar surface area (TPSA) is 19.4 Å². The van der Waals surface area contributed by atoms with Gasteiger partial charge in [-0.25, -0.2) is 0 Å². The molecule has 0 heterocycles. The van der Waals surface area contributed by atoms with Gasteiger partial charge in [-0.1, -0.05) is 257 Å². The van der Waals surface area contributed by atoms with E-state index in [1.807, 2.05) is 83.1 Å². The van der Waals surface area contributed by atoms with Gasteiger partial charge in [-0.15, -0.1) is 0 Å². The van der Waals surface area contributed by atoms with E-state index in [4.69, 9.17) is 0 Å². The fourth-order valence-corrected chi connectivity index (χ4v) is 11.7. The first kappa shape index (κ1) is 80.1. The van der Waals surface area contributed by atoms with Crippen LogP contribution >= 0.6 is 0 Å². The maximum atomic E-state index is 2.48. The molecule has 0 aliphatic heterocycles. The number of hydrogen-bond donors (Lipinski definition) is 0. The van der Waals surface area contributed by atoms with Crippen molar-refractivity contribution in [3.05, 3.63) is 176 Å². The van der Waals surface area contributed by atoms with Crippen LogP contribution < -0.4 is 0 Å². The molecule has 87 heavy (non-hydrogen) atoms. The summed E-state index contributed by atoms with van der Waals surface area (Å²) in [6.45, 7) is 70.6. The maximum Gasteiger partial charge on any atom is 0.0233 e. The Morgan fingerprint density at radius 2 is 0.356 bits per heavy atom. The van der Waals surface area contributed by atoms with Gasteiger partial charge in [0, 0.05) is 39.3 Å². The smallest absolute Gasteiger partial charge is 0.0233 e. The molecule has 6 heteroatoms. The summed E-state index contributed by atoms with van der Waals surface area (Å²) in [6.07, 6.45) is 3.26. The van der Waals surface area contributed by atoms with Crippen LogP contribution in [0.15, 0.2) is 109 Å². The van der Waals surface area contributed by atoms with Gasteiger partial charge in [-0.2, -0.15) is 0 Å². The van der Waals surface area contributed by atoms with Crippen LogP contribution in [-0.2, 0) is 58.5 Å². The molecule has 0 saturated carbocycles. The van der Waals surface area contributed by atoms with Gasteiger partial charge in [-0.3, -0.25) is 29.4 Å². The van der Waals surface area contributed by atoms with Crippen molar-refractivity contribution in [2.75, 3.05) is 78.5 Å². The number of benzene rings is 6. The lowest BCUT2D eigenvalue weighted by atomic mass is 10.0. The van der Waals surface area contributed by atoms with E-state index < -0.39 is 0 Å². The summed E-state index contributed by atoms with van der Waals surface area (Å²) in [6, 6.07) is 42.5. The van der Waals surface area contributed by atoms with Gasteiger partial charge >= 0.3 is 0 Å². The first-order valence-electron chi connectivity index (χ1n) is 35.6. The van der Waals surface area contributed by atoms with E-state index in [0.29, 0.717) is 0 Å². The molecule has 0 aromatic heterocycles. The molecule has 0 spiro atoms. The van der Waals surface area contributed by atoms with Crippen molar-refractivity contribution in [3.63, 3.8) is 0 Å². The van der Waals surface area contributed by atoms with Gasteiger partial charge in [-0.05, 0) is 216 Å². The van der Waals surface area contributed by atoms with Crippen molar-refractivity contribution in [1.29, 1.82) is 0 Å². The second-order valence-electron chi connectivity index (χ2n) is 21.2. The van der Waals surface area contributed by atoms with Crippen molar-refractivity contribution < 1.29 is 0 Å². The molecule has 0 amide bonds. The Morgan fingerprint density at radius 1 is 0.195 bits per heavy atom. The highest BCUT2D eigenvalue weighted by Gasteiger charge is 2.23. The molecule has 6 aromatic rings. The molecule has 0 atom stereocenters. The zero-order valence-electron chi connectivity index (χ0n) is 60.9. The second kappa shape index (κ2) is 46.2. The van der Waals surface area contributed by atoms with E-state index in [9.17, 15) is 0 Å². The monoisotopic (exact) mass is 1190 g/mol. The van der Waals surface area contributed by atoms with Crippen LogP contribution in [0.25, 0.3) is 33.4 Å². The van der Waals surface area contributed by atoms with Gasteiger partial charge in [0.1, 0.15) is 0 Å². The highest BCUT2D eigenvalue weighted by Crippen LogP contribution is 2.41. The lowest BCUT2D eigenvalue weighted by molar-refractivity contribution is 0.296. The zero-order valence-corrected chi connectivity index (χ0v) is 60.9. The summed E-state index contributed by atoms with van der Waals surface area (Å²) in [5.41, 5.74) is 26.3. The van der Waals surface area contributed by atoms with Crippen LogP contribution in [0.3, 0.4) is 0 Å². The minimum absolute atomic E-state index is 1.05. The van der Waals surface area contributed by atoms with E-state index in [0.717, 1.165) is 137 Å². The predicted molar refractivity (Wildman–Crippen MR) is 392 cm³/mol. The molecule has 0 fully saturated rings. The van der Waals surface area contributed by atoms with Gasteiger partial charge < -0.3 is 0 Å². The van der Waals surface area contributed by atoms with Crippen LogP contribution in [0, 0.1) is 0 Å². The maximum absolute atomic E-state index is 2.48. The minimum Gasteiger partial charge on any atom is -0.300 e. The summed E-state index contributed by atoms with van der Waals surface area (Å²) < 4.78 is 0. The zero-order chi connectivity index (χ0) is 65.4. The predicted octanol–water partition coefficient (Wildman–Crippen LogP) is 21.0. The third kappa shape index (κ3) is 24.1. The van der Waals surface area contributed by atoms with Crippen molar-refractivity contribution in [2.45, 2.75) is 225 Å². The fourth-order valence-electron chi connectivity index (χ4n) is 11.7. The van der Waals surface area contributed by atoms with Crippen LogP contribution in [0.1, 0.15) is 233 Å². The Balaban J connectivity index is 0.000000599. The molecule has 0 N–H and O–H groups in total. The first-order chi connectivity index (χ1) is 42.5. The molecule has 6 aromatic carbocycles. The molecule has 3 aliphatic rings. The van der Waals surface area contributed by atoms with Gasteiger partial charge in [0.05, 0.1) is 0 Å². The standard InChI is InChI=1S/3C23H32N2.6C2H6/c1-5-24(6-2)16-18-10-12-22-21(13-18)15-20-11-9-19(14-23(20)22)17-25(7-3)8-4;1-5-24(6-2)16-18-9-11-22-20(13-18)15-21-14-19(10-12-23(21)22)17-25(7-3)8-4;1-5-24(6-2)16-18-9-11-20-15-21-12-10-19(17-25(7-3)8-4)14-23(21)22(20)13-18;6*1-2/h3*9-14H,5-8,15-17H2,1-4H3;6*1-2H3. The van der Waals surface area contributed by atoms with E-state index in [1.54, 1.807) is 0 Å². The molecule has 3 aliphatic carbocycles. The van der Waals surface area contributed by atoms with Crippen molar-refractivity contribution in [1.82, 2.24) is 29.4 Å². The lowest BCUT2D eigenvalue weighted by Gasteiger charge is -2.19. The molecule has 0 bridgehead atoms. The summed E-state index contributed by atoms with van der Waals surface area (Å²) in [5.74, 6) is 0. The Labute approximate surface area is 539 Å². The van der Waals surface area contributed by atoms with Crippen molar-refractivity contribution in [3.8, 4) is 33.4 Å². The molecular formula is C81H132N6. The number of rotatable bonds is 24. The summed E-state index contributed by atoms with van der Waals surface area (Å²) >= 11 is 0. The molecule has 486 valence electrons. The van der Waals surface area contributed by atoms with E-state index >= 15 is 0 Å². The van der Waals surface area contributed by atoms with Gasteiger partial charge in [0.25, 0.3) is 0 Å². The van der Waals surface area contributed by atoms with E-state index in [-0.39, 0.29) is 0 Å². The second-order valence-corrected chi connectivity index (χ2v) is 21.2. The van der Waals surface area contributed by atoms with Crippen LogP contribution in [0.5, 0.6) is 0 Å². The Morgan fingerprint density at radius 3 is 0.575 bits per heavy atom. The largest absolute Gasteiger partial charge is 0.300 e. The normalized spacial score (nSPS) is 11.4. The van der Waals surface area contributed by atoms with Gasteiger partial charge in [0.2, 0.25) is 0 Å². The van der Waals surface area contributed by atoms with Crippen LogP contribution in [0.2, 0.25) is 0 Å². The Kier molecular flexibility index (Phi) is 42.5. The summed E-state index contributed by atoms with van der Waals surface area (Å²) in [5, 5.41) is 0. The van der Waals surface area contributed by atoms with Crippen LogP contribution in [0.4, 0.5) is 0 Å². The average Bonchev–Trinajstić information content (AvgIpc) is 1.92. The molecular weight excluding hydrogens is 1060 g/mol. The SMILES string of the molecule is CC.CC.CC.CC.CC.CC.CCN(CC)Cc1ccc2c(c1)-c1cc(CN(CC)CC)ccc1C2.CCN(CC)Cc1ccc2c(c1)Cc1cc(CN(CC)CC)ccc1-2.CCN(CC)Cc1ccc2c(c1)Cc1ccc(CN(CC)CC)cc1-2. The number of nitrogens with zero attached hydrogens (tertiary/aromatic N) is 6. The third-order valence-electron chi connectivity index (χ3n) is 16.8. The van der Waals surface area contributed by atoms with Crippen molar-refractivity contribution >= 4 is 0 Å². The van der Waals surface area contributed by atoms with Crippen molar-refractivity contribution in [2.24, 2.45) is 0 Å². The minimum atomic E-state index is 1.05. The number of hydrogen-bond acceptors (Lipinski definition) is 6. The van der Waals surface area contributed by atoms with Crippen LogP contribution in [-0.4, -0.2) is 108 Å². The molecule has 0 saturated heterocycles. The molecule has 0 unspecified atom stereocenters. The summed E-state index contributed by atoms with van der Waals surface area (Å²) in [4.78, 5) is 14.9. The summed E-state index contributed by atoms with van der Waals surface area (Å²) in [7, 11) is 0. The van der Waals surface area contributed by atoms with E-state index in [1.165, 1.54) is 100 Å². The quantitative estimate of drug-likeness (QED) is 0.0596. The van der Waals surface area contributed by atoms with Gasteiger partial charge in [0.15, 0.2) is 0 Å². The molecule has 0 radical (unpaired) electrons. The average molecular weight is 1190 g/mol. The first-order valence-corrected chi connectivity index (χ1v) is 35.6. The molecule has 9 rings (SSSR count). The van der Waals surface area contributed by atoms with E-state index in [2.05, 4.69) is 222 Å². The Hall–Kier alpha value is -4.92.